The van der Waals surface area contributed by atoms with Crippen molar-refractivity contribution in [2.24, 2.45) is 0 Å². The summed E-state index contributed by atoms with van der Waals surface area (Å²) in [5, 5.41) is 7.58. The Labute approximate surface area is 132 Å². The molecule has 0 amide bonds. The molecule has 6 heteroatoms. The van der Waals surface area contributed by atoms with Crippen LogP contribution in [0.1, 0.15) is 30.6 Å². The van der Waals surface area contributed by atoms with Gasteiger partial charge in [-0.1, -0.05) is 22.9 Å². The molecule has 0 aliphatic heterocycles. The second-order valence-electron chi connectivity index (χ2n) is 4.75. The van der Waals surface area contributed by atoms with Gasteiger partial charge in [0.2, 0.25) is 0 Å². The summed E-state index contributed by atoms with van der Waals surface area (Å²) >= 11 is 3.34. The smallest absolute Gasteiger partial charge is 0.161 e. The highest BCUT2D eigenvalue weighted by molar-refractivity contribution is 9.10. The Hall–Kier alpha value is -1.40. The Balaban J connectivity index is 2.52. The molecule has 21 heavy (non-hydrogen) atoms. The van der Waals surface area contributed by atoms with E-state index >= 15 is 0 Å². The number of hydrogen-bond acceptors (Lipinski definition) is 3. The van der Waals surface area contributed by atoms with Gasteiger partial charge in [0.1, 0.15) is 11.5 Å². The Morgan fingerprint density at radius 1 is 1.43 bits per heavy atom. The Morgan fingerprint density at radius 2 is 2.19 bits per heavy atom. The SMILES string of the molecule is CCCn1ncc(OC)c1C(NC)c1cc(F)cc(Br)c1. The van der Waals surface area contributed by atoms with Crippen LogP contribution in [-0.2, 0) is 6.54 Å². The molecule has 1 aromatic carbocycles. The summed E-state index contributed by atoms with van der Waals surface area (Å²) in [4.78, 5) is 0. The molecular weight excluding hydrogens is 337 g/mol. The van der Waals surface area contributed by atoms with Gasteiger partial charge in [0.25, 0.3) is 0 Å². The Morgan fingerprint density at radius 3 is 2.76 bits per heavy atom. The van der Waals surface area contributed by atoms with Gasteiger partial charge in [-0.3, -0.25) is 4.68 Å². The fourth-order valence-electron chi connectivity index (χ4n) is 2.42. The van der Waals surface area contributed by atoms with Gasteiger partial charge < -0.3 is 10.1 Å². The maximum absolute atomic E-state index is 13.7. The van der Waals surface area contributed by atoms with E-state index in [1.165, 1.54) is 12.1 Å². The molecule has 1 N–H and O–H groups in total. The van der Waals surface area contributed by atoms with Gasteiger partial charge >= 0.3 is 0 Å². The summed E-state index contributed by atoms with van der Waals surface area (Å²) < 4.78 is 21.7. The summed E-state index contributed by atoms with van der Waals surface area (Å²) in [7, 11) is 3.46. The van der Waals surface area contributed by atoms with Crippen molar-refractivity contribution in [2.75, 3.05) is 14.2 Å². The molecule has 0 aliphatic carbocycles. The number of aromatic nitrogens is 2. The van der Waals surface area contributed by atoms with Crippen LogP contribution in [0.15, 0.2) is 28.9 Å². The molecule has 2 rings (SSSR count). The minimum absolute atomic E-state index is 0.194. The highest BCUT2D eigenvalue weighted by Gasteiger charge is 2.23. The average Bonchev–Trinajstić information content (AvgIpc) is 2.82. The number of rotatable bonds is 6. The van der Waals surface area contributed by atoms with Crippen LogP contribution < -0.4 is 10.1 Å². The largest absolute Gasteiger partial charge is 0.493 e. The second kappa shape index (κ2) is 7.04. The third-order valence-electron chi connectivity index (χ3n) is 3.28. The van der Waals surface area contributed by atoms with Gasteiger partial charge in [-0.15, -0.1) is 0 Å². The molecule has 0 saturated carbocycles. The number of halogens is 2. The third-order valence-corrected chi connectivity index (χ3v) is 3.74. The van der Waals surface area contributed by atoms with Crippen LogP contribution in [0.2, 0.25) is 0 Å². The topological polar surface area (TPSA) is 39.1 Å². The van der Waals surface area contributed by atoms with Crippen LogP contribution in [0.25, 0.3) is 0 Å². The molecule has 0 aliphatic rings. The van der Waals surface area contributed by atoms with Gasteiger partial charge in [0.15, 0.2) is 5.75 Å². The lowest BCUT2D eigenvalue weighted by atomic mass is 10.0. The van der Waals surface area contributed by atoms with Gasteiger partial charge in [-0.25, -0.2) is 4.39 Å². The standard InChI is InChI=1S/C15H19BrFN3O/c1-4-5-20-15(13(21-3)9-19-20)14(18-2)10-6-11(16)8-12(17)7-10/h6-9,14,18H,4-5H2,1-3H3. The van der Waals surface area contributed by atoms with Crippen LogP contribution in [-0.4, -0.2) is 23.9 Å². The summed E-state index contributed by atoms with van der Waals surface area (Å²) in [5.74, 6) is 0.420. The fourth-order valence-corrected chi connectivity index (χ4v) is 2.90. The molecule has 0 radical (unpaired) electrons. The zero-order valence-corrected chi connectivity index (χ0v) is 13.9. The molecule has 114 valence electrons. The molecule has 0 bridgehead atoms. The number of hydrogen-bond donors (Lipinski definition) is 1. The molecular formula is C15H19BrFN3O. The van der Waals surface area contributed by atoms with E-state index in [2.05, 4.69) is 33.3 Å². The van der Waals surface area contributed by atoms with E-state index in [0.29, 0.717) is 10.2 Å². The summed E-state index contributed by atoms with van der Waals surface area (Å²) in [6.07, 6.45) is 2.66. The normalized spacial score (nSPS) is 12.4. The average molecular weight is 356 g/mol. The van der Waals surface area contributed by atoms with E-state index < -0.39 is 0 Å². The Kier molecular flexibility index (Phi) is 5.36. The van der Waals surface area contributed by atoms with Gasteiger partial charge in [0, 0.05) is 11.0 Å². The van der Waals surface area contributed by atoms with Crippen LogP contribution >= 0.6 is 15.9 Å². The molecule has 1 heterocycles. The molecule has 1 unspecified atom stereocenters. The van der Waals surface area contributed by atoms with Gasteiger partial charge in [0.05, 0.1) is 19.3 Å². The van der Waals surface area contributed by atoms with E-state index in [0.717, 1.165) is 24.2 Å². The number of nitrogens with zero attached hydrogens (tertiary/aromatic N) is 2. The van der Waals surface area contributed by atoms with Crippen molar-refractivity contribution in [1.29, 1.82) is 0 Å². The molecule has 0 spiro atoms. The van der Waals surface area contributed by atoms with Gasteiger partial charge in [-0.05, 0) is 37.2 Å². The van der Waals surface area contributed by atoms with E-state index in [4.69, 9.17) is 4.74 Å². The van der Waals surface area contributed by atoms with Crippen molar-refractivity contribution < 1.29 is 9.13 Å². The predicted molar refractivity (Wildman–Crippen MR) is 84.1 cm³/mol. The third kappa shape index (κ3) is 3.44. The first-order valence-electron chi connectivity index (χ1n) is 6.83. The van der Waals surface area contributed by atoms with E-state index in [1.807, 2.05) is 17.8 Å². The summed E-state index contributed by atoms with van der Waals surface area (Å²) in [6.45, 7) is 2.87. The predicted octanol–water partition coefficient (Wildman–Crippen LogP) is 3.51. The second-order valence-corrected chi connectivity index (χ2v) is 5.66. The van der Waals surface area contributed by atoms with Crippen molar-refractivity contribution in [2.45, 2.75) is 25.9 Å². The van der Waals surface area contributed by atoms with Crippen LogP contribution in [0.4, 0.5) is 4.39 Å². The lowest BCUT2D eigenvalue weighted by Crippen LogP contribution is -2.22. The molecule has 4 nitrogen and oxygen atoms in total. The number of methoxy groups -OCH3 is 1. The molecule has 1 atom stereocenters. The monoisotopic (exact) mass is 355 g/mol. The van der Waals surface area contributed by atoms with Crippen LogP contribution in [0.5, 0.6) is 5.75 Å². The molecule has 0 fully saturated rings. The van der Waals surface area contributed by atoms with Crippen molar-refractivity contribution in [3.8, 4) is 5.75 Å². The zero-order valence-electron chi connectivity index (χ0n) is 12.4. The van der Waals surface area contributed by atoms with Gasteiger partial charge in [-0.2, -0.15) is 5.10 Å². The van der Waals surface area contributed by atoms with Crippen molar-refractivity contribution in [3.63, 3.8) is 0 Å². The minimum Gasteiger partial charge on any atom is -0.493 e. The van der Waals surface area contributed by atoms with Crippen molar-refractivity contribution in [1.82, 2.24) is 15.1 Å². The molecule has 0 saturated heterocycles. The number of nitrogens with one attached hydrogen (secondary N) is 1. The first kappa shape index (κ1) is 16.0. The zero-order chi connectivity index (χ0) is 15.4. The van der Waals surface area contributed by atoms with Crippen LogP contribution in [0.3, 0.4) is 0 Å². The highest BCUT2D eigenvalue weighted by atomic mass is 79.9. The first-order valence-corrected chi connectivity index (χ1v) is 7.63. The fraction of sp³-hybridized carbons (Fsp3) is 0.400. The quantitative estimate of drug-likeness (QED) is 0.861. The number of benzene rings is 1. The number of aryl methyl sites for hydroxylation is 1. The van der Waals surface area contributed by atoms with E-state index in [9.17, 15) is 4.39 Å². The molecule has 2 aromatic rings. The lowest BCUT2D eigenvalue weighted by molar-refractivity contribution is 0.400. The van der Waals surface area contributed by atoms with Crippen molar-refractivity contribution >= 4 is 15.9 Å². The number of ether oxygens (including phenoxy) is 1. The van der Waals surface area contributed by atoms with E-state index in [1.54, 1.807) is 13.3 Å². The Bertz CT molecular complexity index is 595. The maximum atomic E-state index is 13.7. The maximum Gasteiger partial charge on any atom is 0.161 e. The highest BCUT2D eigenvalue weighted by Crippen LogP contribution is 2.31. The molecule has 1 aromatic heterocycles. The van der Waals surface area contributed by atoms with Crippen molar-refractivity contribution in [3.05, 3.63) is 45.9 Å². The van der Waals surface area contributed by atoms with E-state index in [-0.39, 0.29) is 11.9 Å². The summed E-state index contributed by atoms with van der Waals surface area (Å²) in [5.41, 5.74) is 1.72. The first-order chi connectivity index (χ1) is 10.1. The lowest BCUT2D eigenvalue weighted by Gasteiger charge is -2.20. The summed E-state index contributed by atoms with van der Waals surface area (Å²) in [6, 6.07) is 4.67. The van der Waals surface area contributed by atoms with Crippen LogP contribution in [0, 0.1) is 5.82 Å². The minimum atomic E-state index is -0.278.